The largest absolute Gasteiger partial charge is 0.400 e. The molecule has 1 saturated carbocycles. The number of allylic oxidation sites excluding steroid dienone is 1. The SMILES string of the molecule is CCCCCCC#CC(O[Si](CC)(CC)CC)C1=CC[C@H]2C[C@@H]1C2(C)C. The summed E-state index contributed by atoms with van der Waals surface area (Å²) in [6.07, 6.45) is 11.4. The van der Waals surface area contributed by atoms with Crippen LogP contribution in [0.25, 0.3) is 0 Å². The normalized spacial score (nSPS) is 24.9. The van der Waals surface area contributed by atoms with Gasteiger partial charge in [0.15, 0.2) is 8.32 Å². The lowest BCUT2D eigenvalue weighted by molar-refractivity contribution is -0.0159. The molecule has 3 aliphatic carbocycles. The smallest absolute Gasteiger partial charge is 0.194 e. The third kappa shape index (κ3) is 4.66. The molecule has 0 aromatic carbocycles. The molecule has 2 bridgehead atoms. The first-order valence-electron chi connectivity index (χ1n) is 11.3. The van der Waals surface area contributed by atoms with Crippen LogP contribution in [0.3, 0.4) is 0 Å². The van der Waals surface area contributed by atoms with E-state index in [1.807, 2.05) is 0 Å². The summed E-state index contributed by atoms with van der Waals surface area (Å²) in [5.74, 6) is 8.69. The van der Waals surface area contributed by atoms with Crippen LogP contribution < -0.4 is 0 Å². The highest BCUT2D eigenvalue weighted by atomic mass is 28.4. The Balaban J connectivity index is 2.14. The zero-order valence-corrected chi connectivity index (χ0v) is 19.3. The number of unbranched alkanes of at least 4 members (excludes halogenated alkanes) is 4. The highest BCUT2D eigenvalue weighted by Crippen LogP contribution is 2.60. The Bertz CT molecular complexity index is 524. The van der Waals surface area contributed by atoms with Crippen LogP contribution in [-0.4, -0.2) is 14.4 Å². The van der Waals surface area contributed by atoms with Gasteiger partial charge < -0.3 is 4.43 Å². The molecule has 0 heterocycles. The fraction of sp³-hybridized carbons (Fsp3) is 0.833. The van der Waals surface area contributed by atoms with Gasteiger partial charge in [0.25, 0.3) is 0 Å². The fourth-order valence-corrected chi connectivity index (χ4v) is 7.62. The average Bonchev–Trinajstić information content (AvgIpc) is 2.67. The van der Waals surface area contributed by atoms with Crippen molar-refractivity contribution in [2.24, 2.45) is 17.3 Å². The van der Waals surface area contributed by atoms with Gasteiger partial charge in [0.05, 0.1) is 0 Å². The maximum Gasteiger partial charge on any atom is 0.194 e. The van der Waals surface area contributed by atoms with Gasteiger partial charge in [-0.15, -0.1) is 5.92 Å². The minimum absolute atomic E-state index is 0.0678. The molecule has 0 amide bonds. The second kappa shape index (κ2) is 9.61. The van der Waals surface area contributed by atoms with E-state index in [9.17, 15) is 0 Å². The second-order valence-corrected chi connectivity index (χ2v) is 13.8. The monoisotopic (exact) mass is 374 g/mol. The number of hydrogen-bond acceptors (Lipinski definition) is 1. The van der Waals surface area contributed by atoms with Crippen LogP contribution in [0.1, 0.15) is 86.5 Å². The molecule has 1 unspecified atom stereocenters. The number of rotatable bonds is 10. The summed E-state index contributed by atoms with van der Waals surface area (Å²) in [4.78, 5) is 0. The van der Waals surface area contributed by atoms with Crippen molar-refractivity contribution in [2.45, 2.75) is 111 Å². The third-order valence-electron chi connectivity index (χ3n) is 7.50. The lowest BCUT2D eigenvalue weighted by Crippen LogP contribution is -2.51. The van der Waals surface area contributed by atoms with Crippen molar-refractivity contribution >= 4 is 8.32 Å². The summed E-state index contributed by atoms with van der Waals surface area (Å²) >= 11 is 0. The lowest BCUT2D eigenvalue weighted by atomic mass is 9.48. The van der Waals surface area contributed by atoms with Gasteiger partial charge in [-0.05, 0) is 60.2 Å². The molecule has 1 fully saturated rings. The van der Waals surface area contributed by atoms with E-state index in [2.05, 4.69) is 59.5 Å². The molecule has 0 spiro atoms. The van der Waals surface area contributed by atoms with E-state index in [-0.39, 0.29) is 6.10 Å². The minimum atomic E-state index is -1.65. The van der Waals surface area contributed by atoms with Crippen LogP contribution in [0.15, 0.2) is 11.6 Å². The predicted molar refractivity (Wildman–Crippen MR) is 117 cm³/mol. The first-order chi connectivity index (χ1) is 12.4. The molecule has 0 N–H and O–H groups in total. The predicted octanol–water partition coefficient (Wildman–Crippen LogP) is 7.34. The fourth-order valence-electron chi connectivity index (χ4n) is 4.93. The highest BCUT2D eigenvalue weighted by molar-refractivity contribution is 6.73. The Morgan fingerprint density at radius 2 is 1.81 bits per heavy atom. The molecule has 2 heteroatoms. The third-order valence-corrected chi connectivity index (χ3v) is 12.1. The van der Waals surface area contributed by atoms with E-state index in [1.54, 1.807) is 0 Å². The summed E-state index contributed by atoms with van der Waals surface area (Å²) in [5.41, 5.74) is 1.98. The molecule has 3 rings (SSSR count). The molecule has 0 radical (unpaired) electrons. The van der Waals surface area contributed by atoms with Crippen molar-refractivity contribution in [1.29, 1.82) is 0 Å². The van der Waals surface area contributed by atoms with Crippen molar-refractivity contribution in [3.05, 3.63) is 11.6 Å². The standard InChI is InChI=1S/C24H42OSi/c1-7-11-12-13-14-15-16-23(25-26(8-2,9-3)10-4)21-18-17-20-19-22(21)24(20,5)6/h18,20,22-23H,7-14,17,19H2,1-6H3/t20-,22-,23?/m0/s1. The van der Waals surface area contributed by atoms with Gasteiger partial charge in [-0.25, -0.2) is 0 Å². The van der Waals surface area contributed by atoms with Crippen LogP contribution in [0.4, 0.5) is 0 Å². The maximum atomic E-state index is 6.94. The van der Waals surface area contributed by atoms with E-state index in [4.69, 9.17) is 4.43 Å². The minimum Gasteiger partial charge on any atom is -0.400 e. The van der Waals surface area contributed by atoms with Crippen LogP contribution in [0, 0.1) is 29.1 Å². The quantitative estimate of drug-likeness (QED) is 0.168. The van der Waals surface area contributed by atoms with Gasteiger partial charge in [0.2, 0.25) is 0 Å². The Morgan fingerprint density at radius 1 is 1.12 bits per heavy atom. The lowest BCUT2D eigenvalue weighted by Gasteiger charge is -2.57. The molecule has 0 aliphatic heterocycles. The van der Waals surface area contributed by atoms with Crippen molar-refractivity contribution in [2.75, 3.05) is 0 Å². The number of fused-ring (bicyclic) bond motifs is 1. The summed E-state index contributed by atoms with van der Waals surface area (Å²) in [6, 6.07) is 3.62. The van der Waals surface area contributed by atoms with E-state index in [0.717, 1.165) is 12.3 Å². The molecule has 0 aromatic rings. The van der Waals surface area contributed by atoms with E-state index < -0.39 is 8.32 Å². The van der Waals surface area contributed by atoms with Gasteiger partial charge in [0, 0.05) is 6.42 Å². The van der Waals surface area contributed by atoms with E-state index >= 15 is 0 Å². The number of hydrogen-bond donors (Lipinski definition) is 0. The van der Waals surface area contributed by atoms with Crippen molar-refractivity contribution < 1.29 is 4.43 Å². The Kier molecular flexibility index (Phi) is 8.04. The van der Waals surface area contributed by atoms with Crippen molar-refractivity contribution in [3.8, 4) is 11.8 Å². The van der Waals surface area contributed by atoms with Crippen LogP contribution in [0.5, 0.6) is 0 Å². The zero-order valence-electron chi connectivity index (χ0n) is 18.3. The molecule has 0 aromatic heterocycles. The molecule has 148 valence electrons. The Hall–Kier alpha value is -0.523. The topological polar surface area (TPSA) is 9.23 Å². The van der Waals surface area contributed by atoms with Crippen LogP contribution >= 0.6 is 0 Å². The summed E-state index contributed by atoms with van der Waals surface area (Å²) in [5, 5.41) is 0. The average molecular weight is 375 g/mol. The maximum absolute atomic E-state index is 6.94. The molecule has 3 atom stereocenters. The zero-order chi connectivity index (χ0) is 19.2. The van der Waals surface area contributed by atoms with Crippen molar-refractivity contribution in [1.82, 2.24) is 0 Å². The van der Waals surface area contributed by atoms with Gasteiger partial charge in [-0.3, -0.25) is 0 Å². The molecular formula is C24H42OSi. The van der Waals surface area contributed by atoms with Gasteiger partial charge in [0.1, 0.15) is 6.10 Å². The van der Waals surface area contributed by atoms with Gasteiger partial charge in [-0.2, -0.15) is 0 Å². The second-order valence-electron chi connectivity index (χ2n) is 9.12. The van der Waals surface area contributed by atoms with E-state index in [0.29, 0.717) is 11.3 Å². The molecule has 1 nitrogen and oxygen atoms in total. The summed E-state index contributed by atoms with van der Waals surface area (Å²) in [6.45, 7) is 14.2. The molecule has 26 heavy (non-hydrogen) atoms. The summed E-state index contributed by atoms with van der Waals surface area (Å²) < 4.78 is 6.94. The first-order valence-corrected chi connectivity index (χ1v) is 13.8. The first kappa shape index (κ1) is 21.8. The molecule has 3 aliphatic rings. The Labute approximate surface area is 164 Å². The van der Waals surface area contributed by atoms with Crippen molar-refractivity contribution in [3.63, 3.8) is 0 Å². The Morgan fingerprint density at radius 3 is 2.35 bits per heavy atom. The summed E-state index contributed by atoms with van der Waals surface area (Å²) in [7, 11) is -1.65. The van der Waals surface area contributed by atoms with Crippen LogP contribution in [-0.2, 0) is 4.43 Å². The van der Waals surface area contributed by atoms with Gasteiger partial charge in [-0.1, -0.05) is 72.8 Å². The van der Waals surface area contributed by atoms with Gasteiger partial charge >= 0.3 is 0 Å². The highest BCUT2D eigenvalue weighted by Gasteiger charge is 2.53. The van der Waals surface area contributed by atoms with Crippen LogP contribution in [0.2, 0.25) is 18.1 Å². The van der Waals surface area contributed by atoms with E-state index in [1.165, 1.54) is 62.2 Å². The molecule has 0 saturated heterocycles. The molecular weight excluding hydrogens is 332 g/mol.